The fourth-order valence-corrected chi connectivity index (χ4v) is 2.45. The predicted octanol–water partition coefficient (Wildman–Crippen LogP) is 3.55. The smallest absolute Gasteiger partial charge is 0.357 e. The molecule has 4 nitrogen and oxygen atoms in total. The summed E-state index contributed by atoms with van der Waals surface area (Å²) in [5.74, 6) is -0.700. The van der Waals surface area contributed by atoms with E-state index in [1.807, 2.05) is 13.0 Å². The van der Waals surface area contributed by atoms with E-state index < -0.39 is 5.97 Å². The van der Waals surface area contributed by atoms with Crippen LogP contribution in [0, 0.1) is 12.7 Å². The number of nitrogens with zero attached hydrogens (tertiary/aromatic N) is 1. The SMILES string of the molecule is COC(=O)c1csc(NC(C)c2ccc(C)c(F)c2)n1. The molecule has 1 atom stereocenters. The van der Waals surface area contributed by atoms with E-state index in [9.17, 15) is 9.18 Å². The first-order valence-corrected chi connectivity index (χ1v) is 6.95. The van der Waals surface area contributed by atoms with Gasteiger partial charge in [0.25, 0.3) is 0 Å². The third-order valence-corrected chi connectivity index (χ3v) is 3.71. The van der Waals surface area contributed by atoms with Crippen molar-refractivity contribution in [1.29, 1.82) is 0 Å². The van der Waals surface area contributed by atoms with Crippen molar-refractivity contribution in [1.82, 2.24) is 4.98 Å². The van der Waals surface area contributed by atoms with Crippen LogP contribution in [0.5, 0.6) is 0 Å². The van der Waals surface area contributed by atoms with E-state index in [2.05, 4.69) is 15.0 Å². The number of carbonyl (C=O) groups excluding carboxylic acids is 1. The molecule has 1 unspecified atom stereocenters. The number of aromatic nitrogens is 1. The van der Waals surface area contributed by atoms with Crippen LogP contribution < -0.4 is 5.32 Å². The number of rotatable bonds is 4. The van der Waals surface area contributed by atoms with Gasteiger partial charge in [0.2, 0.25) is 0 Å². The highest BCUT2D eigenvalue weighted by molar-refractivity contribution is 7.13. The lowest BCUT2D eigenvalue weighted by atomic mass is 10.1. The second-order valence-corrected chi connectivity index (χ2v) is 5.26. The van der Waals surface area contributed by atoms with Crippen molar-refractivity contribution < 1.29 is 13.9 Å². The number of ether oxygens (including phenoxy) is 1. The second kappa shape index (κ2) is 6.00. The molecule has 6 heteroatoms. The Balaban J connectivity index is 2.10. The van der Waals surface area contributed by atoms with Gasteiger partial charge in [-0.2, -0.15) is 0 Å². The molecule has 0 radical (unpaired) electrons. The van der Waals surface area contributed by atoms with E-state index in [1.54, 1.807) is 18.4 Å². The number of hydrogen-bond acceptors (Lipinski definition) is 5. The fourth-order valence-electron chi connectivity index (χ4n) is 1.69. The Labute approximate surface area is 120 Å². The number of anilines is 1. The van der Waals surface area contributed by atoms with Crippen LogP contribution in [0.25, 0.3) is 0 Å². The van der Waals surface area contributed by atoms with Crippen LogP contribution in [0.2, 0.25) is 0 Å². The van der Waals surface area contributed by atoms with Crippen LogP contribution in [0.15, 0.2) is 23.6 Å². The van der Waals surface area contributed by atoms with E-state index in [4.69, 9.17) is 0 Å². The Morgan fingerprint density at radius 3 is 2.90 bits per heavy atom. The monoisotopic (exact) mass is 294 g/mol. The topological polar surface area (TPSA) is 51.2 Å². The molecule has 0 aliphatic heterocycles. The lowest BCUT2D eigenvalue weighted by Gasteiger charge is -2.13. The van der Waals surface area contributed by atoms with Gasteiger partial charge >= 0.3 is 5.97 Å². The molecular weight excluding hydrogens is 279 g/mol. The van der Waals surface area contributed by atoms with Crippen molar-refractivity contribution in [3.05, 3.63) is 46.2 Å². The summed E-state index contributed by atoms with van der Waals surface area (Å²) in [5, 5.41) is 5.35. The van der Waals surface area contributed by atoms with Gasteiger partial charge in [-0.3, -0.25) is 0 Å². The van der Waals surface area contributed by atoms with Crippen LogP contribution in [0.4, 0.5) is 9.52 Å². The number of esters is 1. The van der Waals surface area contributed by atoms with Crippen molar-refractivity contribution in [3.8, 4) is 0 Å². The maximum atomic E-state index is 13.5. The maximum Gasteiger partial charge on any atom is 0.357 e. The predicted molar refractivity (Wildman–Crippen MR) is 76.6 cm³/mol. The average Bonchev–Trinajstić information content (AvgIpc) is 2.89. The van der Waals surface area contributed by atoms with Gasteiger partial charge in [-0.25, -0.2) is 14.2 Å². The Kier molecular flexibility index (Phi) is 4.34. The van der Waals surface area contributed by atoms with E-state index in [0.717, 1.165) is 5.56 Å². The molecule has 2 rings (SSSR count). The quantitative estimate of drug-likeness (QED) is 0.876. The third-order valence-electron chi connectivity index (χ3n) is 2.93. The summed E-state index contributed by atoms with van der Waals surface area (Å²) in [4.78, 5) is 15.4. The molecule has 0 spiro atoms. The molecule has 1 aromatic carbocycles. The van der Waals surface area contributed by atoms with Crippen LogP contribution >= 0.6 is 11.3 Å². The molecular formula is C14H15FN2O2S. The number of methoxy groups -OCH3 is 1. The van der Waals surface area contributed by atoms with Crippen LogP contribution in [0.3, 0.4) is 0 Å². The minimum absolute atomic E-state index is 0.109. The number of halogens is 1. The molecule has 0 aliphatic rings. The molecule has 0 fully saturated rings. The number of hydrogen-bond donors (Lipinski definition) is 1. The van der Waals surface area contributed by atoms with Crippen molar-refractivity contribution >= 4 is 22.4 Å². The van der Waals surface area contributed by atoms with Crippen molar-refractivity contribution in [2.24, 2.45) is 0 Å². The minimum Gasteiger partial charge on any atom is -0.464 e. The maximum absolute atomic E-state index is 13.5. The summed E-state index contributed by atoms with van der Waals surface area (Å²) in [6, 6.07) is 5.00. The van der Waals surface area contributed by atoms with Crippen molar-refractivity contribution in [3.63, 3.8) is 0 Å². The molecule has 20 heavy (non-hydrogen) atoms. The van der Waals surface area contributed by atoms with E-state index in [0.29, 0.717) is 10.7 Å². The normalized spacial score (nSPS) is 12.0. The lowest BCUT2D eigenvalue weighted by molar-refractivity contribution is 0.0595. The largest absolute Gasteiger partial charge is 0.464 e. The van der Waals surface area contributed by atoms with Gasteiger partial charge < -0.3 is 10.1 Å². The van der Waals surface area contributed by atoms with Crippen molar-refractivity contribution in [2.75, 3.05) is 12.4 Å². The summed E-state index contributed by atoms with van der Waals surface area (Å²) in [6.07, 6.45) is 0. The summed E-state index contributed by atoms with van der Waals surface area (Å²) in [5.41, 5.74) is 1.70. The van der Waals surface area contributed by atoms with Crippen LogP contribution in [-0.4, -0.2) is 18.1 Å². The first kappa shape index (κ1) is 14.5. The highest BCUT2D eigenvalue weighted by Gasteiger charge is 2.13. The Hall–Kier alpha value is -1.95. The Morgan fingerprint density at radius 1 is 1.50 bits per heavy atom. The second-order valence-electron chi connectivity index (χ2n) is 4.40. The van der Waals surface area contributed by atoms with Crippen molar-refractivity contribution in [2.45, 2.75) is 19.9 Å². The summed E-state index contributed by atoms with van der Waals surface area (Å²) >= 11 is 1.31. The molecule has 1 heterocycles. The van der Waals surface area contributed by atoms with Crippen LogP contribution in [-0.2, 0) is 4.74 Å². The van der Waals surface area contributed by atoms with Gasteiger partial charge in [-0.05, 0) is 31.0 Å². The number of aryl methyl sites for hydroxylation is 1. The molecule has 1 N–H and O–H groups in total. The van der Waals surface area contributed by atoms with E-state index in [-0.39, 0.29) is 17.6 Å². The van der Waals surface area contributed by atoms with Gasteiger partial charge in [0, 0.05) is 5.38 Å². The number of nitrogens with one attached hydrogen (secondary N) is 1. The van der Waals surface area contributed by atoms with Gasteiger partial charge in [0.05, 0.1) is 13.2 Å². The van der Waals surface area contributed by atoms with Gasteiger partial charge in [0.15, 0.2) is 10.8 Å². The molecule has 0 aliphatic carbocycles. The van der Waals surface area contributed by atoms with Gasteiger partial charge in [0.1, 0.15) is 5.82 Å². The Bertz CT molecular complexity index is 627. The molecule has 1 aromatic heterocycles. The lowest BCUT2D eigenvalue weighted by Crippen LogP contribution is -2.08. The summed E-state index contributed by atoms with van der Waals surface area (Å²) < 4.78 is 18.1. The zero-order valence-electron chi connectivity index (χ0n) is 11.4. The molecule has 2 aromatic rings. The number of thiazole rings is 1. The van der Waals surface area contributed by atoms with E-state index in [1.165, 1.54) is 24.5 Å². The molecule has 0 bridgehead atoms. The standard InChI is InChI=1S/C14H15FN2O2S/c1-8-4-5-10(6-11(8)15)9(2)16-14-17-12(7-20-14)13(18)19-3/h4-7,9H,1-3H3,(H,16,17). The molecule has 0 saturated heterocycles. The van der Waals surface area contributed by atoms with Gasteiger partial charge in [-0.1, -0.05) is 12.1 Å². The molecule has 106 valence electrons. The summed E-state index contributed by atoms with van der Waals surface area (Å²) in [6.45, 7) is 3.63. The third kappa shape index (κ3) is 3.14. The molecule has 0 saturated carbocycles. The zero-order chi connectivity index (χ0) is 14.7. The number of benzene rings is 1. The number of carbonyl (C=O) groups is 1. The highest BCUT2D eigenvalue weighted by atomic mass is 32.1. The first-order valence-electron chi connectivity index (χ1n) is 6.07. The molecule has 0 amide bonds. The highest BCUT2D eigenvalue weighted by Crippen LogP contribution is 2.23. The van der Waals surface area contributed by atoms with E-state index >= 15 is 0 Å². The fraction of sp³-hybridized carbons (Fsp3) is 0.286. The first-order chi connectivity index (χ1) is 9.51. The minimum atomic E-state index is -0.469. The van der Waals surface area contributed by atoms with Crippen LogP contribution in [0.1, 0.15) is 34.6 Å². The zero-order valence-corrected chi connectivity index (χ0v) is 12.3. The average molecular weight is 294 g/mol. The van der Waals surface area contributed by atoms with Gasteiger partial charge in [-0.15, -0.1) is 11.3 Å². The summed E-state index contributed by atoms with van der Waals surface area (Å²) in [7, 11) is 1.31. The Morgan fingerprint density at radius 2 is 2.25 bits per heavy atom.